The van der Waals surface area contributed by atoms with Crippen molar-refractivity contribution in [1.82, 2.24) is 0 Å². The Morgan fingerprint density at radius 1 is 0.500 bits per heavy atom. The molecule has 20 heavy (non-hydrogen) atoms. The van der Waals surface area contributed by atoms with E-state index in [1.165, 1.54) is 25.7 Å². The van der Waals surface area contributed by atoms with Gasteiger partial charge in [0.05, 0.1) is 26.4 Å². The van der Waals surface area contributed by atoms with Crippen molar-refractivity contribution >= 4 is 16.8 Å². The highest BCUT2D eigenvalue weighted by atomic mass is 31.2. The normalized spacial score (nSPS) is 11.7. The largest absolute Gasteiger partial charge is 0.334 e. The minimum absolute atomic E-state index is 0.651. The van der Waals surface area contributed by atoms with Gasteiger partial charge < -0.3 is 18.1 Å². The summed E-state index contributed by atoms with van der Waals surface area (Å²) in [7, 11) is -1.30. The molecule has 0 bridgehead atoms. The van der Waals surface area contributed by atoms with Gasteiger partial charge in [0.2, 0.25) is 0 Å². The zero-order chi connectivity index (χ0) is 15.1. The summed E-state index contributed by atoms with van der Waals surface area (Å²) in [5, 5.41) is 0. The van der Waals surface area contributed by atoms with Crippen molar-refractivity contribution in [3.8, 4) is 0 Å². The van der Waals surface area contributed by atoms with E-state index in [0.717, 1.165) is 38.8 Å². The van der Waals surface area contributed by atoms with Crippen molar-refractivity contribution in [2.24, 2.45) is 0 Å². The lowest BCUT2D eigenvalue weighted by Gasteiger charge is -2.16. The highest BCUT2D eigenvalue weighted by Gasteiger charge is 2.10. The third kappa shape index (κ3) is 12.4. The van der Waals surface area contributed by atoms with Gasteiger partial charge in [0.15, 0.2) is 16.8 Å². The molecule has 122 valence electrons. The van der Waals surface area contributed by atoms with E-state index in [1.807, 2.05) is 27.7 Å². The molecular formula is C14H32O4P2. The summed E-state index contributed by atoms with van der Waals surface area (Å²) in [5.41, 5.74) is 0. The fraction of sp³-hybridized carbons (Fsp3) is 1.00. The van der Waals surface area contributed by atoms with Gasteiger partial charge in [-0.3, -0.25) is 0 Å². The summed E-state index contributed by atoms with van der Waals surface area (Å²) >= 11 is 0. The molecule has 4 nitrogen and oxygen atoms in total. The molecular weight excluding hydrogens is 294 g/mol. The first-order valence-corrected chi connectivity index (χ1v) is 10.6. The van der Waals surface area contributed by atoms with Gasteiger partial charge in [-0.1, -0.05) is 12.8 Å². The SMILES string of the molecule is CCOP(CCCCCCP(OCC)OCC)OCC. The molecule has 0 aromatic carbocycles. The molecule has 0 amide bonds. The number of unbranched alkanes of at least 4 members (excludes halogenated alkanes) is 3. The Kier molecular flexibility index (Phi) is 16.6. The minimum Gasteiger partial charge on any atom is -0.334 e. The van der Waals surface area contributed by atoms with Crippen LogP contribution >= 0.6 is 16.8 Å². The molecule has 6 heteroatoms. The van der Waals surface area contributed by atoms with E-state index in [1.54, 1.807) is 0 Å². The van der Waals surface area contributed by atoms with Crippen LogP contribution < -0.4 is 0 Å². The van der Waals surface area contributed by atoms with E-state index in [4.69, 9.17) is 18.1 Å². The molecule has 0 saturated carbocycles. The standard InChI is InChI=1S/C14H32O4P2/c1-5-15-19(16-6-2)13-11-9-10-12-14-20(17-7-3)18-8-4/h5-14H2,1-4H3. The molecule has 0 spiro atoms. The highest BCUT2D eigenvalue weighted by Crippen LogP contribution is 2.40. The Morgan fingerprint density at radius 2 is 0.800 bits per heavy atom. The Labute approximate surface area is 127 Å². The summed E-state index contributed by atoms with van der Waals surface area (Å²) in [6.45, 7) is 11.1. The summed E-state index contributed by atoms with van der Waals surface area (Å²) < 4.78 is 22.4. The van der Waals surface area contributed by atoms with Crippen LogP contribution in [0.4, 0.5) is 0 Å². The maximum atomic E-state index is 5.60. The maximum Gasteiger partial charge on any atom is 0.170 e. The second-order valence-corrected chi connectivity index (χ2v) is 7.46. The van der Waals surface area contributed by atoms with E-state index in [9.17, 15) is 0 Å². The first kappa shape index (κ1) is 20.7. The van der Waals surface area contributed by atoms with Crippen molar-refractivity contribution in [3.05, 3.63) is 0 Å². The molecule has 0 heterocycles. The first-order chi connectivity index (χ1) is 9.78. The summed E-state index contributed by atoms with van der Waals surface area (Å²) in [5.74, 6) is 0. The van der Waals surface area contributed by atoms with E-state index >= 15 is 0 Å². The van der Waals surface area contributed by atoms with Crippen molar-refractivity contribution in [1.29, 1.82) is 0 Å². The topological polar surface area (TPSA) is 36.9 Å². The Morgan fingerprint density at radius 3 is 1.05 bits per heavy atom. The zero-order valence-corrected chi connectivity index (χ0v) is 15.4. The molecule has 0 fully saturated rings. The van der Waals surface area contributed by atoms with Gasteiger partial charge in [-0.15, -0.1) is 0 Å². The fourth-order valence-electron chi connectivity index (χ4n) is 1.74. The first-order valence-electron chi connectivity index (χ1n) is 7.85. The second-order valence-electron chi connectivity index (χ2n) is 4.20. The van der Waals surface area contributed by atoms with E-state index in [0.29, 0.717) is 0 Å². The van der Waals surface area contributed by atoms with E-state index < -0.39 is 16.8 Å². The molecule has 0 N–H and O–H groups in total. The van der Waals surface area contributed by atoms with Gasteiger partial charge >= 0.3 is 0 Å². The molecule has 0 aliphatic heterocycles. The lowest BCUT2D eigenvalue weighted by atomic mass is 10.2. The van der Waals surface area contributed by atoms with Crippen LogP contribution in [0.5, 0.6) is 0 Å². The molecule has 0 unspecified atom stereocenters. The summed E-state index contributed by atoms with van der Waals surface area (Å²) in [6, 6.07) is 0. The van der Waals surface area contributed by atoms with Crippen molar-refractivity contribution in [3.63, 3.8) is 0 Å². The average Bonchev–Trinajstić information content (AvgIpc) is 2.43. The van der Waals surface area contributed by atoms with E-state index in [-0.39, 0.29) is 0 Å². The zero-order valence-electron chi connectivity index (χ0n) is 13.6. The van der Waals surface area contributed by atoms with Crippen LogP contribution in [-0.4, -0.2) is 38.8 Å². The van der Waals surface area contributed by atoms with Crippen LogP contribution in [0.15, 0.2) is 0 Å². The van der Waals surface area contributed by atoms with Gasteiger partial charge in [0.1, 0.15) is 0 Å². The van der Waals surface area contributed by atoms with Gasteiger partial charge in [0.25, 0.3) is 0 Å². The quantitative estimate of drug-likeness (QED) is 0.302. The van der Waals surface area contributed by atoms with Gasteiger partial charge in [0, 0.05) is 12.3 Å². The fourth-order valence-corrected chi connectivity index (χ4v) is 4.53. The van der Waals surface area contributed by atoms with Crippen LogP contribution in [0.2, 0.25) is 0 Å². The number of hydrogen-bond acceptors (Lipinski definition) is 4. The predicted octanol–water partition coefficient (Wildman–Crippen LogP) is 5.32. The maximum absolute atomic E-state index is 5.60. The van der Waals surface area contributed by atoms with Crippen LogP contribution in [-0.2, 0) is 18.1 Å². The molecule has 0 aromatic rings. The molecule has 0 atom stereocenters. The van der Waals surface area contributed by atoms with Gasteiger partial charge in [-0.25, -0.2) is 0 Å². The molecule has 0 aliphatic rings. The summed E-state index contributed by atoms with van der Waals surface area (Å²) in [4.78, 5) is 0. The Bertz CT molecular complexity index is 164. The highest BCUT2D eigenvalue weighted by molar-refractivity contribution is 7.47. The monoisotopic (exact) mass is 326 g/mol. The average molecular weight is 326 g/mol. The minimum atomic E-state index is -0.651. The molecule has 0 radical (unpaired) electrons. The second kappa shape index (κ2) is 16.1. The van der Waals surface area contributed by atoms with E-state index in [2.05, 4.69) is 0 Å². The predicted molar refractivity (Wildman–Crippen MR) is 88.5 cm³/mol. The van der Waals surface area contributed by atoms with Gasteiger partial charge in [-0.05, 0) is 40.5 Å². The lowest BCUT2D eigenvalue weighted by molar-refractivity contribution is 0.267. The molecule has 0 saturated heterocycles. The van der Waals surface area contributed by atoms with Crippen molar-refractivity contribution in [2.45, 2.75) is 53.4 Å². The number of rotatable bonds is 15. The third-order valence-electron chi connectivity index (χ3n) is 2.52. The molecule has 0 aliphatic carbocycles. The van der Waals surface area contributed by atoms with Gasteiger partial charge in [-0.2, -0.15) is 0 Å². The number of hydrogen-bond donors (Lipinski definition) is 0. The smallest absolute Gasteiger partial charge is 0.170 e. The van der Waals surface area contributed by atoms with Crippen molar-refractivity contribution in [2.75, 3.05) is 38.8 Å². The lowest BCUT2D eigenvalue weighted by Crippen LogP contribution is -1.97. The van der Waals surface area contributed by atoms with Crippen LogP contribution in [0.25, 0.3) is 0 Å². The van der Waals surface area contributed by atoms with Crippen molar-refractivity contribution < 1.29 is 18.1 Å². The molecule has 0 aromatic heterocycles. The third-order valence-corrected chi connectivity index (χ3v) is 6.07. The molecule has 0 rings (SSSR count). The summed E-state index contributed by atoms with van der Waals surface area (Å²) in [6.07, 6.45) is 6.96. The Hall–Kier alpha value is 0.700. The Balaban J connectivity index is 3.53. The van der Waals surface area contributed by atoms with Crippen LogP contribution in [0.1, 0.15) is 53.4 Å². The van der Waals surface area contributed by atoms with Crippen LogP contribution in [0, 0.1) is 0 Å². The van der Waals surface area contributed by atoms with Crippen LogP contribution in [0.3, 0.4) is 0 Å².